The molecule has 0 aromatic carbocycles. The van der Waals surface area contributed by atoms with Crippen LogP contribution in [0, 0.1) is 12.3 Å². The Kier molecular flexibility index (Phi) is 8.29. The van der Waals surface area contributed by atoms with E-state index in [4.69, 9.17) is 10.8 Å². The second-order valence-electron chi connectivity index (χ2n) is 5.38. The van der Waals surface area contributed by atoms with Crippen molar-refractivity contribution < 1.29 is 4.43 Å². The maximum atomic E-state index is 6.31. The molecule has 0 aliphatic carbocycles. The molecule has 0 unspecified atom stereocenters. The van der Waals surface area contributed by atoms with E-state index in [1.54, 1.807) is 0 Å². The average molecular weight is 251 g/mol. The molecular formula is C15H27OSi. The largest absolute Gasteiger partial charge is 0.412 e. The molecule has 0 N–H and O–H groups in total. The van der Waals surface area contributed by atoms with Crippen LogP contribution < -0.4 is 0 Å². The van der Waals surface area contributed by atoms with E-state index in [0.717, 1.165) is 25.3 Å². The van der Waals surface area contributed by atoms with Gasteiger partial charge in [-0.25, -0.2) is 0 Å². The maximum Gasteiger partial charge on any atom is 0.221 e. The Hall–Kier alpha value is -0.523. The van der Waals surface area contributed by atoms with Gasteiger partial charge in [0.2, 0.25) is 9.04 Å². The van der Waals surface area contributed by atoms with Crippen molar-refractivity contribution in [1.29, 1.82) is 0 Å². The van der Waals surface area contributed by atoms with E-state index in [1.165, 1.54) is 0 Å². The molecule has 0 bridgehead atoms. The van der Waals surface area contributed by atoms with Crippen molar-refractivity contribution >= 4 is 9.04 Å². The Morgan fingerprint density at radius 1 is 1.41 bits per heavy atom. The normalized spacial score (nSPS) is 14.2. The van der Waals surface area contributed by atoms with Crippen LogP contribution in [0.15, 0.2) is 12.2 Å². The van der Waals surface area contributed by atoms with Gasteiger partial charge in [0, 0.05) is 6.42 Å². The van der Waals surface area contributed by atoms with Crippen LogP contribution in [-0.4, -0.2) is 15.1 Å². The van der Waals surface area contributed by atoms with Gasteiger partial charge in [-0.1, -0.05) is 46.3 Å². The lowest BCUT2D eigenvalue weighted by atomic mass is 10.1. The molecule has 1 nitrogen and oxygen atoms in total. The van der Waals surface area contributed by atoms with Crippen LogP contribution in [0.3, 0.4) is 0 Å². The molecule has 0 aromatic heterocycles. The van der Waals surface area contributed by atoms with Gasteiger partial charge >= 0.3 is 0 Å². The average Bonchev–Trinajstić information content (AvgIpc) is 2.23. The molecule has 0 saturated heterocycles. The summed E-state index contributed by atoms with van der Waals surface area (Å²) in [6.07, 6.45) is 12.9. The van der Waals surface area contributed by atoms with Gasteiger partial charge in [-0.2, -0.15) is 0 Å². The van der Waals surface area contributed by atoms with E-state index in [9.17, 15) is 0 Å². The molecule has 0 heterocycles. The molecular weight excluding hydrogens is 224 g/mol. The third-order valence-corrected chi connectivity index (χ3v) is 5.54. The fraction of sp³-hybridized carbons (Fsp3) is 0.733. The third kappa shape index (κ3) is 7.41. The van der Waals surface area contributed by atoms with Crippen molar-refractivity contribution in [3.05, 3.63) is 12.2 Å². The zero-order valence-corrected chi connectivity index (χ0v) is 13.0. The molecule has 0 spiro atoms. The van der Waals surface area contributed by atoms with E-state index in [0.29, 0.717) is 0 Å². The molecule has 2 heteroatoms. The van der Waals surface area contributed by atoms with Gasteiger partial charge in [-0.15, -0.1) is 12.3 Å². The third-order valence-electron chi connectivity index (χ3n) is 2.64. The lowest BCUT2D eigenvalue weighted by Gasteiger charge is -2.31. The van der Waals surface area contributed by atoms with Crippen molar-refractivity contribution in [3.63, 3.8) is 0 Å². The van der Waals surface area contributed by atoms with Crippen LogP contribution in [0.2, 0.25) is 11.1 Å². The fourth-order valence-corrected chi connectivity index (χ4v) is 3.73. The topological polar surface area (TPSA) is 9.23 Å². The van der Waals surface area contributed by atoms with Crippen molar-refractivity contribution in [2.75, 3.05) is 0 Å². The van der Waals surface area contributed by atoms with E-state index in [1.807, 2.05) is 0 Å². The Labute approximate surface area is 109 Å². The predicted octanol–water partition coefficient (Wildman–Crippen LogP) is 4.56. The van der Waals surface area contributed by atoms with Gasteiger partial charge in [0.15, 0.2) is 0 Å². The smallest absolute Gasteiger partial charge is 0.221 e. The summed E-state index contributed by atoms with van der Waals surface area (Å²) >= 11 is 0. The van der Waals surface area contributed by atoms with E-state index in [-0.39, 0.29) is 11.1 Å². The molecule has 1 atom stereocenters. The minimum atomic E-state index is -0.848. The molecule has 1 radical (unpaired) electrons. The number of allylic oxidation sites excluding steroid dienone is 2. The van der Waals surface area contributed by atoms with Crippen molar-refractivity contribution in [3.8, 4) is 12.3 Å². The minimum Gasteiger partial charge on any atom is -0.412 e. The Morgan fingerprint density at radius 3 is 2.47 bits per heavy atom. The Morgan fingerprint density at radius 2 is 2.06 bits per heavy atom. The van der Waals surface area contributed by atoms with Crippen LogP contribution in [0.1, 0.15) is 53.9 Å². The first-order valence-electron chi connectivity index (χ1n) is 6.53. The summed E-state index contributed by atoms with van der Waals surface area (Å²) in [6, 6.07) is 1.06. The predicted molar refractivity (Wildman–Crippen MR) is 78.3 cm³/mol. The van der Waals surface area contributed by atoms with Crippen LogP contribution >= 0.6 is 0 Å². The Balaban J connectivity index is 4.53. The molecule has 0 fully saturated rings. The second-order valence-corrected chi connectivity index (χ2v) is 8.37. The van der Waals surface area contributed by atoms with Crippen molar-refractivity contribution in [1.82, 2.24) is 0 Å². The first-order chi connectivity index (χ1) is 7.95. The molecule has 0 aromatic rings. The first kappa shape index (κ1) is 16.5. The highest BCUT2D eigenvalue weighted by molar-refractivity contribution is 6.55. The summed E-state index contributed by atoms with van der Waals surface area (Å²) in [5.41, 5.74) is 0. The van der Waals surface area contributed by atoms with Crippen molar-refractivity contribution in [2.45, 2.75) is 71.1 Å². The van der Waals surface area contributed by atoms with Crippen LogP contribution in [0.25, 0.3) is 0 Å². The number of hydrogen-bond acceptors (Lipinski definition) is 1. The van der Waals surface area contributed by atoms with Gasteiger partial charge in [0.25, 0.3) is 0 Å². The summed E-state index contributed by atoms with van der Waals surface area (Å²) < 4.78 is 6.31. The van der Waals surface area contributed by atoms with Crippen LogP contribution in [-0.2, 0) is 4.43 Å². The molecule has 17 heavy (non-hydrogen) atoms. The summed E-state index contributed by atoms with van der Waals surface area (Å²) in [7, 11) is -0.848. The lowest BCUT2D eigenvalue weighted by Crippen LogP contribution is -2.33. The highest BCUT2D eigenvalue weighted by atomic mass is 28.3. The lowest BCUT2D eigenvalue weighted by molar-refractivity contribution is 0.185. The molecule has 0 rings (SSSR count). The first-order valence-corrected chi connectivity index (χ1v) is 8.14. The molecule has 0 aliphatic rings. The zero-order chi connectivity index (χ0) is 13.3. The number of rotatable bonds is 7. The van der Waals surface area contributed by atoms with Gasteiger partial charge in [-0.3, -0.25) is 0 Å². The molecule has 0 amide bonds. The number of terminal acetylenes is 1. The van der Waals surface area contributed by atoms with Gasteiger partial charge in [0.1, 0.15) is 0 Å². The van der Waals surface area contributed by atoms with Gasteiger partial charge in [-0.05, 0) is 24.4 Å². The summed E-state index contributed by atoms with van der Waals surface area (Å²) in [6.45, 7) is 11.0. The standard InChI is InChI=1S/C15H27OSi/c1-7-10-13-17(15(4,5)6)16-14(11-8-2)12-9-3/h2,7,10,14H,9,11-13H2,1,3-6H3/b10-7+/t14-/m0/s1. The Bertz CT molecular complexity index is 257. The van der Waals surface area contributed by atoms with E-state index in [2.05, 4.69) is 52.7 Å². The van der Waals surface area contributed by atoms with Gasteiger partial charge in [0.05, 0.1) is 6.10 Å². The van der Waals surface area contributed by atoms with Crippen LogP contribution in [0.4, 0.5) is 0 Å². The highest BCUT2D eigenvalue weighted by Gasteiger charge is 2.30. The monoisotopic (exact) mass is 251 g/mol. The summed E-state index contributed by atoms with van der Waals surface area (Å²) in [5, 5.41) is 0.255. The van der Waals surface area contributed by atoms with E-state index < -0.39 is 9.04 Å². The summed E-state index contributed by atoms with van der Waals surface area (Å²) in [5.74, 6) is 2.74. The molecule has 0 aliphatic heterocycles. The minimum absolute atomic E-state index is 0.253. The summed E-state index contributed by atoms with van der Waals surface area (Å²) in [4.78, 5) is 0. The maximum absolute atomic E-state index is 6.31. The van der Waals surface area contributed by atoms with Gasteiger partial charge < -0.3 is 4.43 Å². The van der Waals surface area contributed by atoms with Crippen LogP contribution in [0.5, 0.6) is 0 Å². The second kappa shape index (κ2) is 8.55. The molecule has 0 saturated carbocycles. The van der Waals surface area contributed by atoms with Crippen molar-refractivity contribution in [2.24, 2.45) is 0 Å². The SMILES string of the molecule is C#CC[C@@H](CCC)O[Si](C/C=C/C)C(C)(C)C. The quantitative estimate of drug-likeness (QED) is 0.366. The zero-order valence-electron chi connectivity index (χ0n) is 12.0. The number of hydrogen-bond donors (Lipinski definition) is 0. The highest BCUT2D eigenvalue weighted by Crippen LogP contribution is 2.31. The van der Waals surface area contributed by atoms with E-state index >= 15 is 0 Å². The fourth-order valence-electron chi connectivity index (χ4n) is 1.61. The molecule has 97 valence electrons.